The molecule has 0 aliphatic carbocycles. The summed E-state index contributed by atoms with van der Waals surface area (Å²) in [5, 5.41) is 9.37. The van der Waals surface area contributed by atoms with E-state index in [9.17, 15) is 5.11 Å². The van der Waals surface area contributed by atoms with E-state index in [2.05, 4.69) is 0 Å². The van der Waals surface area contributed by atoms with Gasteiger partial charge in [-0.25, -0.2) is 0 Å². The lowest BCUT2D eigenvalue weighted by Gasteiger charge is -2.17. The summed E-state index contributed by atoms with van der Waals surface area (Å²) >= 11 is 0. The summed E-state index contributed by atoms with van der Waals surface area (Å²) in [4.78, 5) is 0. The van der Waals surface area contributed by atoms with Crippen molar-refractivity contribution in [1.82, 2.24) is 4.57 Å². The molecule has 56 valence electrons. The van der Waals surface area contributed by atoms with E-state index in [0.29, 0.717) is 6.54 Å². The Kier molecular flexibility index (Phi) is 1.81. The molecular formula is C8H13NO. The average molecular weight is 139 g/mol. The van der Waals surface area contributed by atoms with Crippen LogP contribution in [0.2, 0.25) is 0 Å². The highest BCUT2D eigenvalue weighted by Crippen LogP contribution is 2.04. The van der Waals surface area contributed by atoms with Gasteiger partial charge in [0.05, 0.1) is 12.1 Å². The number of aromatic nitrogens is 1. The van der Waals surface area contributed by atoms with Gasteiger partial charge >= 0.3 is 0 Å². The molecule has 0 spiro atoms. The van der Waals surface area contributed by atoms with Crippen molar-refractivity contribution < 1.29 is 5.11 Å². The van der Waals surface area contributed by atoms with E-state index in [1.54, 1.807) is 13.8 Å². The van der Waals surface area contributed by atoms with Crippen LogP contribution in [-0.2, 0) is 6.54 Å². The number of aliphatic hydroxyl groups is 1. The molecule has 0 aliphatic rings. The second-order valence-corrected chi connectivity index (χ2v) is 3.17. The van der Waals surface area contributed by atoms with Gasteiger partial charge in [0.1, 0.15) is 0 Å². The van der Waals surface area contributed by atoms with Crippen LogP contribution in [0.25, 0.3) is 0 Å². The molecule has 10 heavy (non-hydrogen) atoms. The van der Waals surface area contributed by atoms with Crippen molar-refractivity contribution in [1.29, 1.82) is 0 Å². The van der Waals surface area contributed by atoms with Crippen LogP contribution in [0.15, 0.2) is 24.5 Å². The Morgan fingerprint density at radius 1 is 1.30 bits per heavy atom. The highest BCUT2D eigenvalue weighted by molar-refractivity contribution is 4.91. The lowest BCUT2D eigenvalue weighted by Crippen LogP contribution is -2.25. The second kappa shape index (κ2) is 2.46. The number of rotatable bonds is 2. The molecule has 0 aliphatic heterocycles. The molecule has 0 bridgehead atoms. The van der Waals surface area contributed by atoms with E-state index in [4.69, 9.17) is 0 Å². The summed E-state index contributed by atoms with van der Waals surface area (Å²) in [6, 6.07) is 3.90. The quantitative estimate of drug-likeness (QED) is 0.655. The molecule has 1 aromatic rings. The normalized spacial score (nSPS) is 11.9. The van der Waals surface area contributed by atoms with Gasteiger partial charge in [0, 0.05) is 12.4 Å². The minimum Gasteiger partial charge on any atom is -0.389 e. The van der Waals surface area contributed by atoms with Gasteiger partial charge in [0.25, 0.3) is 0 Å². The van der Waals surface area contributed by atoms with Crippen molar-refractivity contribution in [3.8, 4) is 0 Å². The Morgan fingerprint density at radius 2 is 1.80 bits per heavy atom. The molecule has 1 N–H and O–H groups in total. The summed E-state index contributed by atoms with van der Waals surface area (Å²) in [7, 11) is 0. The van der Waals surface area contributed by atoms with Gasteiger partial charge in [-0.05, 0) is 26.0 Å². The first kappa shape index (κ1) is 7.35. The first-order valence-electron chi connectivity index (χ1n) is 3.41. The molecule has 0 saturated carbocycles. The summed E-state index contributed by atoms with van der Waals surface area (Å²) in [6.45, 7) is 4.25. The Hall–Kier alpha value is -0.760. The lowest BCUT2D eigenvalue weighted by molar-refractivity contribution is 0.0616. The van der Waals surface area contributed by atoms with Crippen LogP contribution < -0.4 is 0 Å². The lowest BCUT2D eigenvalue weighted by atomic mass is 10.1. The van der Waals surface area contributed by atoms with Crippen molar-refractivity contribution in [2.24, 2.45) is 0 Å². The average Bonchev–Trinajstić information content (AvgIpc) is 2.12. The molecule has 2 nitrogen and oxygen atoms in total. The Balaban J connectivity index is 2.57. The van der Waals surface area contributed by atoms with Crippen molar-refractivity contribution in [2.45, 2.75) is 26.0 Å². The molecule has 2 heteroatoms. The fourth-order valence-electron chi connectivity index (χ4n) is 0.922. The van der Waals surface area contributed by atoms with Crippen LogP contribution in [0, 0.1) is 0 Å². The number of hydrogen-bond donors (Lipinski definition) is 1. The van der Waals surface area contributed by atoms with Crippen LogP contribution in [0.4, 0.5) is 0 Å². The first-order chi connectivity index (χ1) is 4.58. The van der Waals surface area contributed by atoms with E-state index in [1.165, 1.54) is 0 Å². The van der Waals surface area contributed by atoms with E-state index < -0.39 is 5.60 Å². The van der Waals surface area contributed by atoms with Crippen LogP contribution >= 0.6 is 0 Å². The molecule has 1 aromatic heterocycles. The minimum absolute atomic E-state index is 0.612. The fraction of sp³-hybridized carbons (Fsp3) is 0.500. The Morgan fingerprint density at radius 3 is 2.20 bits per heavy atom. The van der Waals surface area contributed by atoms with Gasteiger partial charge < -0.3 is 9.67 Å². The van der Waals surface area contributed by atoms with Gasteiger partial charge in [-0.1, -0.05) is 0 Å². The Bertz CT molecular complexity index is 184. The number of hydrogen-bond acceptors (Lipinski definition) is 1. The maximum absolute atomic E-state index is 9.37. The topological polar surface area (TPSA) is 25.2 Å². The fourth-order valence-corrected chi connectivity index (χ4v) is 0.922. The summed E-state index contributed by atoms with van der Waals surface area (Å²) in [6.07, 6.45) is 3.88. The third-order valence-electron chi connectivity index (χ3n) is 1.24. The minimum atomic E-state index is -0.612. The maximum atomic E-state index is 9.37. The molecule has 1 rings (SSSR count). The summed E-state index contributed by atoms with van der Waals surface area (Å²) in [5.41, 5.74) is -0.612. The van der Waals surface area contributed by atoms with Crippen molar-refractivity contribution in [3.63, 3.8) is 0 Å². The molecule has 0 amide bonds. The van der Waals surface area contributed by atoms with Crippen LogP contribution in [-0.4, -0.2) is 15.3 Å². The zero-order chi connectivity index (χ0) is 7.61. The molecular weight excluding hydrogens is 126 g/mol. The maximum Gasteiger partial charge on any atom is 0.0769 e. The highest BCUT2D eigenvalue weighted by Gasteiger charge is 2.11. The zero-order valence-electron chi connectivity index (χ0n) is 6.41. The predicted octanol–water partition coefficient (Wildman–Crippen LogP) is 1.26. The Labute approximate surface area is 61.1 Å². The molecule has 0 unspecified atom stereocenters. The SMILES string of the molecule is CC(C)(O)Cn1cccc1. The monoisotopic (exact) mass is 139 g/mol. The number of nitrogens with zero attached hydrogens (tertiary/aromatic N) is 1. The molecule has 0 fully saturated rings. The van der Waals surface area contributed by atoms with E-state index >= 15 is 0 Å². The van der Waals surface area contributed by atoms with E-state index in [-0.39, 0.29) is 0 Å². The first-order valence-corrected chi connectivity index (χ1v) is 3.41. The van der Waals surface area contributed by atoms with Gasteiger partial charge in [0.2, 0.25) is 0 Å². The molecule has 0 atom stereocenters. The van der Waals surface area contributed by atoms with Crippen molar-refractivity contribution >= 4 is 0 Å². The van der Waals surface area contributed by atoms with Gasteiger partial charge in [-0.15, -0.1) is 0 Å². The summed E-state index contributed by atoms with van der Waals surface area (Å²) < 4.78 is 1.96. The van der Waals surface area contributed by atoms with Crippen LogP contribution in [0.3, 0.4) is 0 Å². The molecule has 1 heterocycles. The molecule has 0 radical (unpaired) electrons. The third kappa shape index (κ3) is 2.23. The van der Waals surface area contributed by atoms with E-state index in [1.807, 2.05) is 29.1 Å². The van der Waals surface area contributed by atoms with Gasteiger partial charge in [-0.2, -0.15) is 0 Å². The van der Waals surface area contributed by atoms with Crippen molar-refractivity contribution in [3.05, 3.63) is 24.5 Å². The predicted molar refractivity (Wildman–Crippen MR) is 40.7 cm³/mol. The van der Waals surface area contributed by atoms with Gasteiger partial charge in [-0.3, -0.25) is 0 Å². The summed E-state index contributed by atoms with van der Waals surface area (Å²) in [5.74, 6) is 0. The molecule has 0 aromatic carbocycles. The molecule has 0 saturated heterocycles. The van der Waals surface area contributed by atoms with Crippen LogP contribution in [0.5, 0.6) is 0 Å². The smallest absolute Gasteiger partial charge is 0.0769 e. The second-order valence-electron chi connectivity index (χ2n) is 3.17. The van der Waals surface area contributed by atoms with Crippen LogP contribution in [0.1, 0.15) is 13.8 Å². The standard InChI is InChI=1S/C8H13NO/c1-8(2,10)7-9-5-3-4-6-9/h3-6,10H,7H2,1-2H3. The largest absolute Gasteiger partial charge is 0.389 e. The van der Waals surface area contributed by atoms with Gasteiger partial charge in [0.15, 0.2) is 0 Å². The highest BCUT2D eigenvalue weighted by atomic mass is 16.3. The van der Waals surface area contributed by atoms with Crippen molar-refractivity contribution in [2.75, 3.05) is 0 Å². The third-order valence-corrected chi connectivity index (χ3v) is 1.24. The zero-order valence-corrected chi connectivity index (χ0v) is 6.41. The van der Waals surface area contributed by atoms with E-state index in [0.717, 1.165) is 0 Å².